The van der Waals surface area contributed by atoms with Crippen molar-refractivity contribution in [3.63, 3.8) is 0 Å². The molecule has 0 saturated carbocycles. The van der Waals surface area contributed by atoms with Gasteiger partial charge in [0.15, 0.2) is 0 Å². The number of ether oxygens (including phenoxy) is 2. The van der Waals surface area contributed by atoms with E-state index in [1.54, 1.807) is 12.1 Å². The van der Waals surface area contributed by atoms with Crippen molar-refractivity contribution in [2.75, 3.05) is 32.9 Å². The van der Waals surface area contributed by atoms with Crippen LogP contribution >= 0.6 is 0 Å². The Kier molecular flexibility index (Phi) is 5.12. The zero-order valence-electron chi connectivity index (χ0n) is 12.5. The Balaban J connectivity index is 1.37. The molecule has 3 rings (SSSR count). The Morgan fingerprint density at radius 2 is 1.90 bits per heavy atom. The van der Waals surface area contributed by atoms with Crippen LogP contribution in [0.2, 0.25) is 0 Å². The molecule has 1 aromatic rings. The number of benzene rings is 1. The van der Waals surface area contributed by atoms with Crippen molar-refractivity contribution in [1.82, 2.24) is 4.90 Å². The molecule has 0 unspecified atom stereocenters. The van der Waals surface area contributed by atoms with Crippen LogP contribution in [0.3, 0.4) is 0 Å². The third kappa shape index (κ3) is 4.43. The summed E-state index contributed by atoms with van der Waals surface area (Å²) in [5, 5.41) is 9.31. The maximum absolute atomic E-state index is 9.31. The van der Waals surface area contributed by atoms with E-state index < -0.39 is 0 Å². The number of rotatable bonds is 5. The van der Waals surface area contributed by atoms with Gasteiger partial charge in [0.1, 0.15) is 5.75 Å². The summed E-state index contributed by atoms with van der Waals surface area (Å²) in [4.78, 5) is 2.46. The van der Waals surface area contributed by atoms with Gasteiger partial charge in [-0.2, -0.15) is 0 Å². The van der Waals surface area contributed by atoms with Crippen LogP contribution in [0.25, 0.3) is 0 Å². The van der Waals surface area contributed by atoms with Gasteiger partial charge in [0.05, 0.1) is 19.3 Å². The first-order chi connectivity index (χ1) is 10.3. The smallest absolute Gasteiger partial charge is 0.115 e. The Labute approximate surface area is 126 Å². The third-order valence-corrected chi connectivity index (χ3v) is 4.47. The summed E-state index contributed by atoms with van der Waals surface area (Å²) >= 11 is 0. The van der Waals surface area contributed by atoms with Crippen molar-refractivity contribution in [2.24, 2.45) is 5.92 Å². The SMILES string of the molecule is Oc1ccc(CN2CCC(OC[C@H]3CCOC3)CC2)cc1. The van der Waals surface area contributed by atoms with Crippen LogP contribution in [-0.2, 0) is 16.0 Å². The van der Waals surface area contributed by atoms with E-state index in [1.807, 2.05) is 12.1 Å². The molecule has 1 aromatic carbocycles. The predicted octanol–water partition coefficient (Wildman–Crippen LogP) is 2.41. The fourth-order valence-corrected chi connectivity index (χ4v) is 3.08. The minimum atomic E-state index is 0.335. The van der Waals surface area contributed by atoms with Gasteiger partial charge in [-0.3, -0.25) is 4.90 Å². The van der Waals surface area contributed by atoms with Gasteiger partial charge in [-0.1, -0.05) is 12.1 Å². The van der Waals surface area contributed by atoms with Gasteiger partial charge in [0.25, 0.3) is 0 Å². The highest BCUT2D eigenvalue weighted by Gasteiger charge is 2.22. The van der Waals surface area contributed by atoms with Crippen LogP contribution in [0.15, 0.2) is 24.3 Å². The maximum atomic E-state index is 9.31. The lowest BCUT2D eigenvalue weighted by Gasteiger charge is -2.32. The van der Waals surface area contributed by atoms with E-state index in [1.165, 1.54) is 5.56 Å². The minimum Gasteiger partial charge on any atom is -0.508 e. The molecule has 4 heteroatoms. The average molecular weight is 291 g/mol. The van der Waals surface area contributed by atoms with Gasteiger partial charge < -0.3 is 14.6 Å². The molecule has 1 N–H and O–H groups in total. The fraction of sp³-hybridized carbons (Fsp3) is 0.647. The van der Waals surface area contributed by atoms with Crippen LogP contribution in [0, 0.1) is 5.92 Å². The monoisotopic (exact) mass is 291 g/mol. The number of phenolic OH excluding ortho intramolecular Hbond substituents is 1. The van der Waals surface area contributed by atoms with Crippen LogP contribution in [-0.4, -0.2) is 49.0 Å². The summed E-state index contributed by atoms with van der Waals surface area (Å²) in [7, 11) is 0. The second-order valence-corrected chi connectivity index (χ2v) is 6.20. The van der Waals surface area contributed by atoms with Crippen LogP contribution in [0.1, 0.15) is 24.8 Å². The Hall–Kier alpha value is -1.10. The second-order valence-electron chi connectivity index (χ2n) is 6.20. The van der Waals surface area contributed by atoms with Crippen molar-refractivity contribution in [3.05, 3.63) is 29.8 Å². The lowest BCUT2D eigenvalue weighted by molar-refractivity contribution is -0.0116. The molecule has 2 aliphatic rings. The Bertz CT molecular complexity index is 420. The molecule has 21 heavy (non-hydrogen) atoms. The van der Waals surface area contributed by atoms with E-state index in [-0.39, 0.29) is 0 Å². The van der Waals surface area contributed by atoms with Gasteiger partial charge in [0, 0.05) is 32.2 Å². The number of aromatic hydroxyl groups is 1. The maximum Gasteiger partial charge on any atom is 0.115 e. The molecular weight excluding hydrogens is 266 g/mol. The quantitative estimate of drug-likeness (QED) is 0.904. The molecule has 1 atom stereocenters. The highest BCUT2D eigenvalue weighted by atomic mass is 16.5. The van der Waals surface area contributed by atoms with Crippen molar-refractivity contribution >= 4 is 0 Å². The highest BCUT2D eigenvalue weighted by molar-refractivity contribution is 5.25. The summed E-state index contributed by atoms with van der Waals surface area (Å²) in [5.41, 5.74) is 1.26. The topological polar surface area (TPSA) is 41.9 Å². The number of piperidine rings is 1. The molecule has 0 aliphatic carbocycles. The second kappa shape index (κ2) is 7.25. The molecule has 116 valence electrons. The van der Waals surface area contributed by atoms with Crippen LogP contribution in [0.5, 0.6) is 5.75 Å². The van der Waals surface area contributed by atoms with Gasteiger partial charge in [-0.05, 0) is 37.0 Å². The number of nitrogens with zero attached hydrogens (tertiary/aromatic N) is 1. The summed E-state index contributed by atoms with van der Waals surface area (Å²) in [5.74, 6) is 0.946. The van der Waals surface area contributed by atoms with E-state index in [0.717, 1.165) is 58.7 Å². The molecule has 2 aliphatic heterocycles. The summed E-state index contributed by atoms with van der Waals surface area (Å²) in [6, 6.07) is 7.51. The molecule has 4 nitrogen and oxygen atoms in total. The molecule has 2 heterocycles. The third-order valence-electron chi connectivity index (χ3n) is 4.47. The highest BCUT2D eigenvalue weighted by Crippen LogP contribution is 2.20. The zero-order chi connectivity index (χ0) is 14.5. The minimum absolute atomic E-state index is 0.335. The number of phenols is 1. The number of likely N-dealkylation sites (tertiary alicyclic amines) is 1. The molecular formula is C17H25NO3. The van der Waals surface area contributed by atoms with Gasteiger partial charge in [-0.25, -0.2) is 0 Å². The molecule has 0 aromatic heterocycles. The standard InChI is InChI=1S/C17H25NO3/c19-16-3-1-14(2-4-16)11-18-8-5-17(6-9-18)21-13-15-7-10-20-12-15/h1-4,15,17,19H,5-13H2/t15-/m0/s1. The first kappa shape index (κ1) is 14.8. The molecule has 0 amide bonds. The Morgan fingerprint density at radius 1 is 1.14 bits per heavy atom. The van der Waals surface area contributed by atoms with Crippen molar-refractivity contribution in [1.29, 1.82) is 0 Å². The summed E-state index contributed by atoms with van der Waals surface area (Å²) < 4.78 is 11.4. The van der Waals surface area contributed by atoms with E-state index in [0.29, 0.717) is 17.8 Å². The van der Waals surface area contributed by atoms with Crippen LogP contribution < -0.4 is 0 Å². The first-order valence-electron chi connectivity index (χ1n) is 7.99. The van der Waals surface area contributed by atoms with Crippen molar-refractivity contribution in [3.8, 4) is 5.75 Å². The number of hydrogen-bond acceptors (Lipinski definition) is 4. The molecule has 0 spiro atoms. The van der Waals surface area contributed by atoms with Crippen LogP contribution in [0.4, 0.5) is 0 Å². The van der Waals surface area contributed by atoms with E-state index >= 15 is 0 Å². The molecule has 2 saturated heterocycles. The first-order valence-corrected chi connectivity index (χ1v) is 7.99. The van der Waals surface area contributed by atoms with E-state index in [9.17, 15) is 5.11 Å². The lowest BCUT2D eigenvalue weighted by atomic mass is 10.1. The molecule has 2 fully saturated rings. The van der Waals surface area contributed by atoms with Crippen molar-refractivity contribution in [2.45, 2.75) is 31.9 Å². The van der Waals surface area contributed by atoms with Gasteiger partial charge >= 0.3 is 0 Å². The number of hydrogen-bond donors (Lipinski definition) is 1. The van der Waals surface area contributed by atoms with Crippen molar-refractivity contribution < 1.29 is 14.6 Å². The fourth-order valence-electron chi connectivity index (χ4n) is 3.08. The largest absolute Gasteiger partial charge is 0.508 e. The predicted molar refractivity (Wildman–Crippen MR) is 81.3 cm³/mol. The van der Waals surface area contributed by atoms with Gasteiger partial charge in [0.2, 0.25) is 0 Å². The Morgan fingerprint density at radius 3 is 2.57 bits per heavy atom. The summed E-state index contributed by atoms with van der Waals surface area (Å²) in [6.07, 6.45) is 3.80. The molecule has 0 radical (unpaired) electrons. The zero-order valence-corrected chi connectivity index (χ0v) is 12.5. The lowest BCUT2D eigenvalue weighted by Crippen LogP contribution is -2.37. The van der Waals surface area contributed by atoms with E-state index in [4.69, 9.17) is 9.47 Å². The molecule has 0 bridgehead atoms. The van der Waals surface area contributed by atoms with Gasteiger partial charge in [-0.15, -0.1) is 0 Å². The normalized spacial score (nSPS) is 24.5. The summed E-state index contributed by atoms with van der Waals surface area (Å²) in [6.45, 7) is 5.78. The average Bonchev–Trinajstić information content (AvgIpc) is 3.02. The van der Waals surface area contributed by atoms with E-state index in [2.05, 4.69) is 4.90 Å².